The number of aromatic carboxylic acids is 1. The van der Waals surface area contributed by atoms with E-state index in [1.807, 2.05) is 6.92 Å². The van der Waals surface area contributed by atoms with Crippen LogP contribution in [0.2, 0.25) is 0 Å². The van der Waals surface area contributed by atoms with Crippen LogP contribution in [-0.2, 0) is 11.3 Å². The second-order valence-corrected chi connectivity index (χ2v) is 4.64. The van der Waals surface area contributed by atoms with Crippen LogP contribution in [0.4, 0.5) is 0 Å². The first-order valence-electron chi connectivity index (χ1n) is 6.49. The number of nitrogens with zero attached hydrogens (tertiary/aromatic N) is 5. The zero-order valence-corrected chi connectivity index (χ0v) is 11.1. The molecular weight excluding hydrogens is 262 g/mol. The minimum atomic E-state index is -1.09. The molecule has 1 fully saturated rings. The van der Waals surface area contributed by atoms with Gasteiger partial charge >= 0.3 is 5.97 Å². The van der Waals surface area contributed by atoms with Gasteiger partial charge < -0.3 is 9.84 Å². The predicted molar refractivity (Wildman–Crippen MR) is 68.3 cm³/mol. The summed E-state index contributed by atoms with van der Waals surface area (Å²) in [6, 6.07) is 0.0237. The Morgan fingerprint density at radius 3 is 3.05 bits per heavy atom. The molecule has 3 rings (SSSR count). The molecule has 1 saturated heterocycles. The maximum absolute atomic E-state index is 11.3. The summed E-state index contributed by atoms with van der Waals surface area (Å²) in [4.78, 5) is 11.3. The van der Waals surface area contributed by atoms with Crippen LogP contribution in [0.25, 0.3) is 11.3 Å². The van der Waals surface area contributed by atoms with E-state index in [0.29, 0.717) is 24.5 Å². The Labute approximate surface area is 115 Å². The molecule has 3 heterocycles. The minimum absolute atomic E-state index is 0.0237. The largest absolute Gasteiger partial charge is 0.476 e. The van der Waals surface area contributed by atoms with Crippen LogP contribution in [0.5, 0.6) is 0 Å². The monoisotopic (exact) mass is 277 g/mol. The van der Waals surface area contributed by atoms with Gasteiger partial charge in [0.1, 0.15) is 5.69 Å². The van der Waals surface area contributed by atoms with E-state index in [9.17, 15) is 9.90 Å². The molecule has 106 valence electrons. The number of carboxylic acid groups (broad SMARTS) is 1. The Bertz CT molecular complexity index is 627. The molecule has 2 aromatic rings. The Balaban J connectivity index is 2.09. The second kappa shape index (κ2) is 5.04. The molecule has 0 aromatic carbocycles. The standard InChI is InChI=1S/C12H15N5O3/c1-2-16-6-8(5-13-16)11-10(12(18)19)14-15-17(11)9-3-4-20-7-9/h5-6,9H,2-4,7H2,1H3,(H,18,19). The highest BCUT2D eigenvalue weighted by molar-refractivity contribution is 5.92. The van der Waals surface area contributed by atoms with E-state index in [1.54, 1.807) is 21.8 Å². The Hall–Kier alpha value is -2.22. The van der Waals surface area contributed by atoms with E-state index in [2.05, 4.69) is 15.4 Å². The Kier molecular flexibility index (Phi) is 3.23. The molecule has 2 aromatic heterocycles. The van der Waals surface area contributed by atoms with Crippen molar-refractivity contribution in [2.24, 2.45) is 0 Å². The smallest absolute Gasteiger partial charge is 0.358 e. The summed E-state index contributed by atoms with van der Waals surface area (Å²) >= 11 is 0. The lowest BCUT2D eigenvalue weighted by Gasteiger charge is -2.10. The van der Waals surface area contributed by atoms with Crippen LogP contribution in [0.15, 0.2) is 12.4 Å². The van der Waals surface area contributed by atoms with E-state index >= 15 is 0 Å². The maximum Gasteiger partial charge on any atom is 0.358 e. The third-order valence-electron chi connectivity index (χ3n) is 3.38. The number of aryl methyl sites for hydroxylation is 1. The van der Waals surface area contributed by atoms with E-state index in [0.717, 1.165) is 13.0 Å². The molecule has 1 unspecified atom stereocenters. The fourth-order valence-corrected chi connectivity index (χ4v) is 2.34. The number of rotatable bonds is 4. The number of carboxylic acids is 1. The molecule has 0 bridgehead atoms. The SMILES string of the molecule is CCn1cc(-c2c(C(=O)O)nnn2C2CCOC2)cn1. The molecule has 1 aliphatic rings. The average Bonchev–Trinajstić information content (AvgIpc) is 3.17. The van der Waals surface area contributed by atoms with Gasteiger partial charge in [-0.15, -0.1) is 5.10 Å². The summed E-state index contributed by atoms with van der Waals surface area (Å²) in [5.74, 6) is -1.09. The highest BCUT2D eigenvalue weighted by Crippen LogP contribution is 2.28. The molecule has 0 amide bonds. The number of carbonyl (C=O) groups is 1. The van der Waals surface area contributed by atoms with Crippen molar-refractivity contribution in [3.63, 3.8) is 0 Å². The maximum atomic E-state index is 11.3. The van der Waals surface area contributed by atoms with Crippen molar-refractivity contribution >= 4 is 5.97 Å². The Morgan fingerprint density at radius 2 is 2.45 bits per heavy atom. The molecular formula is C12H15N5O3. The predicted octanol–water partition coefficient (Wildman–Crippen LogP) is 0.821. The van der Waals surface area contributed by atoms with Gasteiger partial charge in [-0.2, -0.15) is 5.10 Å². The van der Waals surface area contributed by atoms with Gasteiger partial charge in [-0.05, 0) is 13.3 Å². The van der Waals surface area contributed by atoms with Crippen LogP contribution < -0.4 is 0 Å². The zero-order valence-electron chi connectivity index (χ0n) is 11.1. The third-order valence-corrected chi connectivity index (χ3v) is 3.38. The molecule has 0 spiro atoms. The van der Waals surface area contributed by atoms with Crippen molar-refractivity contribution in [2.45, 2.75) is 25.9 Å². The number of aromatic nitrogens is 5. The second-order valence-electron chi connectivity index (χ2n) is 4.64. The van der Waals surface area contributed by atoms with Crippen LogP contribution in [0.1, 0.15) is 29.9 Å². The average molecular weight is 277 g/mol. The number of hydrogen-bond acceptors (Lipinski definition) is 5. The van der Waals surface area contributed by atoms with Gasteiger partial charge in [0.05, 0.1) is 18.8 Å². The van der Waals surface area contributed by atoms with Gasteiger partial charge in [-0.3, -0.25) is 4.68 Å². The number of hydrogen-bond donors (Lipinski definition) is 1. The summed E-state index contributed by atoms with van der Waals surface area (Å²) in [6.07, 6.45) is 4.25. The normalized spacial score (nSPS) is 18.6. The van der Waals surface area contributed by atoms with E-state index in [4.69, 9.17) is 4.74 Å². The van der Waals surface area contributed by atoms with Gasteiger partial charge in [0.2, 0.25) is 0 Å². The molecule has 8 heteroatoms. The van der Waals surface area contributed by atoms with Gasteiger partial charge in [0.15, 0.2) is 5.69 Å². The van der Waals surface area contributed by atoms with Gasteiger partial charge in [-0.1, -0.05) is 5.21 Å². The summed E-state index contributed by atoms with van der Waals surface area (Å²) in [7, 11) is 0. The van der Waals surface area contributed by atoms with Crippen molar-refractivity contribution < 1.29 is 14.6 Å². The lowest BCUT2D eigenvalue weighted by atomic mass is 10.1. The first kappa shape index (κ1) is 12.8. The molecule has 0 saturated carbocycles. The first-order chi connectivity index (χ1) is 9.70. The molecule has 0 aliphatic carbocycles. The fraction of sp³-hybridized carbons (Fsp3) is 0.500. The molecule has 1 aliphatic heterocycles. The van der Waals surface area contributed by atoms with Crippen LogP contribution in [0.3, 0.4) is 0 Å². The summed E-state index contributed by atoms with van der Waals surface area (Å²) < 4.78 is 8.73. The zero-order chi connectivity index (χ0) is 14.1. The molecule has 0 radical (unpaired) electrons. The van der Waals surface area contributed by atoms with Crippen molar-refractivity contribution in [1.29, 1.82) is 0 Å². The minimum Gasteiger partial charge on any atom is -0.476 e. The van der Waals surface area contributed by atoms with E-state index < -0.39 is 5.97 Å². The Morgan fingerprint density at radius 1 is 1.60 bits per heavy atom. The molecule has 20 heavy (non-hydrogen) atoms. The molecule has 8 nitrogen and oxygen atoms in total. The van der Waals surface area contributed by atoms with E-state index in [-0.39, 0.29) is 11.7 Å². The lowest BCUT2D eigenvalue weighted by Crippen LogP contribution is -2.12. The summed E-state index contributed by atoms with van der Waals surface area (Å²) in [5.41, 5.74) is 1.15. The lowest BCUT2D eigenvalue weighted by molar-refractivity contribution is 0.0691. The highest BCUT2D eigenvalue weighted by atomic mass is 16.5. The van der Waals surface area contributed by atoms with Crippen LogP contribution in [-0.4, -0.2) is 49.1 Å². The number of ether oxygens (including phenoxy) is 1. The molecule has 1 N–H and O–H groups in total. The molecule has 1 atom stereocenters. The van der Waals surface area contributed by atoms with Crippen molar-refractivity contribution in [1.82, 2.24) is 24.8 Å². The van der Waals surface area contributed by atoms with Crippen molar-refractivity contribution in [3.8, 4) is 11.3 Å². The quantitative estimate of drug-likeness (QED) is 0.889. The summed E-state index contributed by atoms with van der Waals surface area (Å²) in [5, 5.41) is 21.2. The van der Waals surface area contributed by atoms with Crippen LogP contribution >= 0.6 is 0 Å². The van der Waals surface area contributed by atoms with Gasteiger partial charge in [0, 0.05) is 24.9 Å². The van der Waals surface area contributed by atoms with Gasteiger partial charge in [0.25, 0.3) is 0 Å². The van der Waals surface area contributed by atoms with Crippen LogP contribution in [0, 0.1) is 0 Å². The van der Waals surface area contributed by atoms with E-state index in [1.165, 1.54) is 0 Å². The fourth-order valence-electron chi connectivity index (χ4n) is 2.34. The highest BCUT2D eigenvalue weighted by Gasteiger charge is 2.28. The third kappa shape index (κ3) is 2.07. The topological polar surface area (TPSA) is 95.1 Å². The summed E-state index contributed by atoms with van der Waals surface area (Å²) in [6.45, 7) is 3.86. The van der Waals surface area contributed by atoms with Crippen molar-refractivity contribution in [2.75, 3.05) is 13.2 Å². The first-order valence-corrected chi connectivity index (χ1v) is 6.49. The van der Waals surface area contributed by atoms with Gasteiger partial charge in [-0.25, -0.2) is 9.48 Å². The van der Waals surface area contributed by atoms with Crippen molar-refractivity contribution in [3.05, 3.63) is 18.1 Å².